The lowest BCUT2D eigenvalue weighted by Gasteiger charge is -2.18. The molecule has 0 fully saturated rings. The minimum absolute atomic E-state index is 0.00259. The highest BCUT2D eigenvalue weighted by Gasteiger charge is 2.19. The number of amides is 1. The van der Waals surface area contributed by atoms with Gasteiger partial charge in [0.25, 0.3) is 0 Å². The quantitative estimate of drug-likeness (QED) is 0.450. The van der Waals surface area contributed by atoms with Gasteiger partial charge in [0.2, 0.25) is 5.91 Å². The van der Waals surface area contributed by atoms with Crippen molar-refractivity contribution in [1.82, 2.24) is 15.3 Å². The second-order valence-electron chi connectivity index (χ2n) is 6.98. The summed E-state index contributed by atoms with van der Waals surface area (Å²) in [5.41, 5.74) is 4.22. The van der Waals surface area contributed by atoms with Crippen LogP contribution in [0, 0.1) is 0 Å². The van der Waals surface area contributed by atoms with Crippen molar-refractivity contribution in [2.24, 2.45) is 0 Å². The van der Waals surface area contributed by atoms with E-state index in [1.165, 1.54) is 6.08 Å². The molecule has 5 nitrogen and oxygen atoms in total. The SMILES string of the molecule is COc1ccc(C(CNC(=O)/C=C/c2cccnc2)c2c[nH]c3ccccc23)cc1. The molecule has 1 amide bonds. The number of methoxy groups -OCH3 is 1. The number of rotatable bonds is 7. The van der Waals surface area contributed by atoms with Gasteiger partial charge in [-0.15, -0.1) is 0 Å². The number of aromatic amines is 1. The Kier molecular flexibility index (Phi) is 5.90. The van der Waals surface area contributed by atoms with Crippen LogP contribution in [0.15, 0.2) is 85.3 Å². The zero-order valence-electron chi connectivity index (χ0n) is 16.7. The van der Waals surface area contributed by atoms with Crippen LogP contribution in [-0.2, 0) is 4.79 Å². The van der Waals surface area contributed by atoms with Crippen LogP contribution in [0.1, 0.15) is 22.6 Å². The number of hydrogen-bond donors (Lipinski definition) is 2. The third kappa shape index (κ3) is 4.41. The van der Waals surface area contributed by atoms with Crippen molar-refractivity contribution in [3.8, 4) is 5.75 Å². The third-order valence-electron chi connectivity index (χ3n) is 5.11. The van der Waals surface area contributed by atoms with Crippen molar-refractivity contribution in [3.63, 3.8) is 0 Å². The molecule has 0 aliphatic rings. The number of aromatic nitrogens is 2. The molecule has 5 heteroatoms. The highest BCUT2D eigenvalue weighted by molar-refractivity contribution is 5.92. The molecule has 2 aromatic heterocycles. The van der Waals surface area contributed by atoms with E-state index in [0.29, 0.717) is 6.54 Å². The Balaban J connectivity index is 1.57. The van der Waals surface area contributed by atoms with E-state index in [-0.39, 0.29) is 11.8 Å². The summed E-state index contributed by atoms with van der Waals surface area (Å²) in [5.74, 6) is 0.667. The number of nitrogens with zero attached hydrogens (tertiary/aromatic N) is 1. The van der Waals surface area contributed by atoms with Gasteiger partial charge in [0.15, 0.2) is 0 Å². The third-order valence-corrected chi connectivity index (χ3v) is 5.11. The Labute approximate surface area is 175 Å². The van der Waals surface area contributed by atoms with Crippen LogP contribution >= 0.6 is 0 Å². The van der Waals surface area contributed by atoms with E-state index in [2.05, 4.69) is 27.4 Å². The molecule has 0 saturated carbocycles. The Hall–Kier alpha value is -3.86. The van der Waals surface area contributed by atoms with Crippen LogP contribution in [0.2, 0.25) is 0 Å². The fourth-order valence-corrected chi connectivity index (χ4v) is 3.53. The predicted octanol–water partition coefficient (Wildman–Crippen LogP) is 4.53. The monoisotopic (exact) mass is 397 g/mol. The molecule has 2 aromatic carbocycles. The number of para-hydroxylation sites is 1. The summed E-state index contributed by atoms with van der Waals surface area (Å²) in [5, 5.41) is 4.19. The zero-order valence-corrected chi connectivity index (χ0v) is 16.7. The van der Waals surface area contributed by atoms with Gasteiger partial charge in [-0.05, 0) is 47.0 Å². The Morgan fingerprint density at radius 3 is 2.73 bits per heavy atom. The largest absolute Gasteiger partial charge is 0.497 e. The lowest BCUT2D eigenvalue weighted by molar-refractivity contribution is -0.116. The lowest BCUT2D eigenvalue weighted by Crippen LogP contribution is -2.27. The molecule has 0 bridgehead atoms. The Morgan fingerprint density at radius 1 is 1.13 bits per heavy atom. The van der Waals surface area contributed by atoms with Gasteiger partial charge in [-0.3, -0.25) is 9.78 Å². The first-order valence-corrected chi connectivity index (χ1v) is 9.80. The number of hydrogen-bond acceptors (Lipinski definition) is 3. The number of H-pyrrole nitrogens is 1. The molecule has 0 aliphatic heterocycles. The number of carbonyl (C=O) groups excluding carboxylic acids is 1. The first-order chi connectivity index (χ1) is 14.7. The average molecular weight is 397 g/mol. The maximum atomic E-state index is 12.4. The molecular weight excluding hydrogens is 374 g/mol. The van der Waals surface area contributed by atoms with Crippen LogP contribution in [0.3, 0.4) is 0 Å². The maximum absolute atomic E-state index is 12.4. The number of fused-ring (bicyclic) bond motifs is 1. The number of nitrogens with one attached hydrogen (secondary N) is 2. The smallest absolute Gasteiger partial charge is 0.244 e. The minimum Gasteiger partial charge on any atom is -0.497 e. The summed E-state index contributed by atoms with van der Waals surface area (Å²) in [4.78, 5) is 19.8. The first kappa shape index (κ1) is 19.5. The average Bonchev–Trinajstić information content (AvgIpc) is 3.23. The first-order valence-electron chi connectivity index (χ1n) is 9.80. The van der Waals surface area contributed by atoms with Gasteiger partial charge in [0.05, 0.1) is 7.11 Å². The number of carbonyl (C=O) groups is 1. The standard InChI is InChI=1S/C25H23N3O2/c1-30-20-11-9-19(10-12-20)22(23-17-27-24-7-3-2-6-21(23)24)16-28-25(29)13-8-18-5-4-14-26-15-18/h2-15,17,22,27H,16H2,1H3,(H,28,29)/b13-8+. The van der Waals surface area contributed by atoms with Crippen molar-refractivity contribution >= 4 is 22.9 Å². The van der Waals surface area contributed by atoms with E-state index >= 15 is 0 Å². The highest BCUT2D eigenvalue weighted by Crippen LogP contribution is 2.31. The summed E-state index contributed by atoms with van der Waals surface area (Å²) in [6.07, 6.45) is 8.75. The molecule has 0 aliphatic carbocycles. The normalized spacial score (nSPS) is 12.2. The summed E-state index contributed by atoms with van der Waals surface area (Å²) < 4.78 is 5.29. The molecule has 2 N–H and O–H groups in total. The summed E-state index contributed by atoms with van der Waals surface area (Å²) >= 11 is 0. The molecule has 4 rings (SSSR count). The van der Waals surface area contributed by atoms with Crippen molar-refractivity contribution in [2.75, 3.05) is 13.7 Å². The van der Waals surface area contributed by atoms with Crippen molar-refractivity contribution < 1.29 is 9.53 Å². The van der Waals surface area contributed by atoms with Gasteiger partial charge in [-0.1, -0.05) is 36.4 Å². The molecule has 30 heavy (non-hydrogen) atoms. The molecule has 150 valence electrons. The van der Waals surface area contributed by atoms with E-state index in [1.54, 1.807) is 25.6 Å². The summed E-state index contributed by atoms with van der Waals surface area (Å²) in [7, 11) is 1.65. The van der Waals surface area contributed by atoms with Gasteiger partial charge in [-0.25, -0.2) is 0 Å². The fraction of sp³-hybridized carbons (Fsp3) is 0.120. The van der Waals surface area contributed by atoms with Gasteiger partial charge < -0.3 is 15.0 Å². The van der Waals surface area contributed by atoms with Crippen LogP contribution in [0.25, 0.3) is 17.0 Å². The number of ether oxygens (including phenoxy) is 1. The second kappa shape index (κ2) is 9.09. The van der Waals surface area contributed by atoms with Crippen molar-refractivity contribution in [3.05, 3.63) is 102 Å². The Bertz CT molecular complexity index is 1150. The highest BCUT2D eigenvalue weighted by atomic mass is 16.5. The second-order valence-corrected chi connectivity index (χ2v) is 6.98. The molecule has 2 heterocycles. The molecule has 0 saturated heterocycles. The van der Waals surface area contributed by atoms with E-state index in [1.807, 2.05) is 54.7 Å². The maximum Gasteiger partial charge on any atom is 0.244 e. The summed E-state index contributed by atoms with van der Waals surface area (Å²) in [6.45, 7) is 0.477. The summed E-state index contributed by atoms with van der Waals surface area (Å²) in [6, 6.07) is 19.9. The molecular formula is C25H23N3O2. The topological polar surface area (TPSA) is 67.0 Å². The van der Waals surface area contributed by atoms with E-state index in [4.69, 9.17) is 4.74 Å². The molecule has 1 unspecified atom stereocenters. The van der Waals surface area contributed by atoms with E-state index in [0.717, 1.165) is 33.3 Å². The van der Waals surface area contributed by atoms with Crippen LogP contribution in [0.5, 0.6) is 5.75 Å². The molecule has 0 radical (unpaired) electrons. The van der Waals surface area contributed by atoms with Crippen molar-refractivity contribution in [1.29, 1.82) is 0 Å². The molecule has 1 atom stereocenters. The van der Waals surface area contributed by atoms with E-state index in [9.17, 15) is 4.79 Å². The van der Waals surface area contributed by atoms with Gasteiger partial charge in [0.1, 0.15) is 5.75 Å². The number of pyridine rings is 1. The van der Waals surface area contributed by atoms with Gasteiger partial charge in [-0.2, -0.15) is 0 Å². The predicted molar refractivity (Wildman–Crippen MR) is 119 cm³/mol. The van der Waals surface area contributed by atoms with Crippen molar-refractivity contribution in [2.45, 2.75) is 5.92 Å². The zero-order chi connectivity index (χ0) is 20.8. The lowest BCUT2D eigenvalue weighted by atomic mass is 9.90. The molecule has 4 aromatic rings. The number of benzene rings is 2. The van der Waals surface area contributed by atoms with E-state index < -0.39 is 0 Å². The fourth-order valence-electron chi connectivity index (χ4n) is 3.53. The minimum atomic E-state index is -0.141. The molecule has 0 spiro atoms. The van der Waals surface area contributed by atoms with Crippen LogP contribution in [0.4, 0.5) is 0 Å². The van der Waals surface area contributed by atoms with Crippen LogP contribution < -0.4 is 10.1 Å². The van der Waals surface area contributed by atoms with Gasteiger partial charge in [0, 0.05) is 48.0 Å². The van der Waals surface area contributed by atoms with Gasteiger partial charge >= 0.3 is 0 Å². The van der Waals surface area contributed by atoms with Crippen LogP contribution in [-0.4, -0.2) is 29.5 Å². The Morgan fingerprint density at radius 2 is 1.97 bits per heavy atom.